The normalized spacial score (nSPS) is 25.4. The highest BCUT2D eigenvalue weighted by molar-refractivity contribution is 5.81. The van der Waals surface area contributed by atoms with Gasteiger partial charge in [-0.1, -0.05) is 13.3 Å². The van der Waals surface area contributed by atoms with Crippen LogP contribution in [0.4, 0.5) is 0 Å². The van der Waals surface area contributed by atoms with Gasteiger partial charge in [0.15, 0.2) is 0 Å². The molecule has 6 nitrogen and oxygen atoms in total. The van der Waals surface area contributed by atoms with Crippen LogP contribution in [0.5, 0.6) is 0 Å². The quantitative estimate of drug-likeness (QED) is 0.778. The first-order chi connectivity index (χ1) is 9.51. The fourth-order valence-electron chi connectivity index (χ4n) is 2.94. The van der Waals surface area contributed by atoms with E-state index in [2.05, 4.69) is 12.2 Å². The van der Waals surface area contributed by atoms with Crippen LogP contribution < -0.4 is 5.32 Å². The Morgan fingerprint density at radius 3 is 2.60 bits per heavy atom. The van der Waals surface area contributed by atoms with Crippen molar-refractivity contribution < 1.29 is 14.3 Å². The Morgan fingerprint density at radius 1 is 1.35 bits per heavy atom. The molecule has 2 fully saturated rings. The van der Waals surface area contributed by atoms with Crippen LogP contribution in [0, 0.1) is 0 Å². The van der Waals surface area contributed by atoms with Gasteiger partial charge in [0.25, 0.3) is 0 Å². The van der Waals surface area contributed by atoms with Crippen LogP contribution in [0.25, 0.3) is 0 Å². The number of carbonyl (C=O) groups is 2. The third-order valence-corrected chi connectivity index (χ3v) is 4.22. The minimum absolute atomic E-state index is 0.0162. The minimum atomic E-state index is -0.263. The van der Waals surface area contributed by atoms with Gasteiger partial charge in [-0.2, -0.15) is 0 Å². The molecule has 0 aromatic rings. The SMILES string of the molecule is CCCCC(=O)N1CC2(C1)CN(C)[C@@H](C(=O)NC)CO2. The number of rotatable bonds is 4. The molecule has 6 heteroatoms. The van der Waals surface area contributed by atoms with Crippen LogP contribution in [0.1, 0.15) is 26.2 Å². The smallest absolute Gasteiger partial charge is 0.239 e. The molecular weight excluding hydrogens is 258 g/mol. The van der Waals surface area contributed by atoms with Crippen molar-refractivity contribution in [3.63, 3.8) is 0 Å². The Bertz CT molecular complexity index is 380. The Labute approximate surface area is 120 Å². The van der Waals surface area contributed by atoms with Crippen LogP contribution in [0.15, 0.2) is 0 Å². The number of amides is 2. The van der Waals surface area contributed by atoms with E-state index in [1.54, 1.807) is 7.05 Å². The Morgan fingerprint density at radius 2 is 2.05 bits per heavy atom. The molecule has 2 rings (SSSR count). The summed E-state index contributed by atoms with van der Waals surface area (Å²) in [6.45, 7) is 4.49. The van der Waals surface area contributed by atoms with Crippen LogP contribution in [0.3, 0.4) is 0 Å². The van der Waals surface area contributed by atoms with Gasteiger partial charge in [0, 0.05) is 20.0 Å². The number of nitrogens with one attached hydrogen (secondary N) is 1. The summed E-state index contributed by atoms with van der Waals surface area (Å²) >= 11 is 0. The first-order valence-electron chi connectivity index (χ1n) is 7.35. The van der Waals surface area contributed by atoms with Gasteiger partial charge in [0.1, 0.15) is 11.6 Å². The lowest BCUT2D eigenvalue weighted by atomic mass is 9.90. The number of unbranched alkanes of at least 4 members (excludes halogenated alkanes) is 1. The molecule has 1 atom stereocenters. The second-order valence-corrected chi connectivity index (χ2v) is 5.89. The van der Waals surface area contributed by atoms with E-state index in [1.165, 1.54) is 0 Å². The van der Waals surface area contributed by atoms with Crippen molar-refractivity contribution in [2.75, 3.05) is 40.3 Å². The highest BCUT2D eigenvalue weighted by Gasteiger charge is 2.50. The molecule has 2 amide bonds. The van der Waals surface area contributed by atoms with E-state index in [0.29, 0.717) is 32.7 Å². The molecule has 0 aromatic heterocycles. The zero-order valence-corrected chi connectivity index (χ0v) is 12.6. The van der Waals surface area contributed by atoms with Crippen molar-refractivity contribution in [2.45, 2.75) is 37.8 Å². The molecule has 0 unspecified atom stereocenters. The van der Waals surface area contributed by atoms with Gasteiger partial charge in [0.05, 0.1) is 19.7 Å². The molecular formula is C14H25N3O3. The number of ether oxygens (including phenoxy) is 1. The molecule has 2 heterocycles. The van der Waals surface area contributed by atoms with Crippen LogP contribution >= 0.6 is 0 Å². The van der Waals surface area contributed by atoms with E-state index in [-0.39, 0.29) is 23.5 Å². The summed E-state index contributed by atoms with van der Waals surface area (Å²) < 4.78 is 5.90. The van der Waals surface area contributed by atoms with E-state index in [9.17, 15) is 9.59 Å². The highest BCUT2D eigenvalue weighted by atomic mass is 16.5. The summed E-state index contributed by atoms with van der Waals surface area (Å²) in [7, 11) is 3.57. The van der Waals surface area contributed by atoms with Gasteiger partial charge in [-0.25, -0.2) is 0 Å². The molecule has 0 aromatic carbocycles. The molecule has 0 bridgehead atoms. The van der Waals surface area contributed by atoms with Gasteiger partial charge in [-0.15, -0.1) is 0 Å². The van der Waals surface area contributed by atoms with E-state index in [4.69, 9.17) is 4.74 Å². The maximum absolute atomic E-state index is 11.9. The summed E-state index contributed by atoms with van der Waals surface area (Å²) in [5, 5.41) is 2.65. The number of nitrogens with zero attached hydrogens (tertiary/aromatic N) is 2. The largest absolute Gasteiger partial charge is 0.368 e. The van der Waals surface area contributed by atoms with Crippen LogP contribution in [0.2, 0.25) is 0 Å². The Kier molecular flexibility index (Phi) is 4.65. The van der Waals surface area contributed by atoms with Crippen molar-refractivity contribution in [1.82, 2.24) is 15.1 Å². The fourth-order valence-corrected chi connectivity index (χ4v) is 2.94. The third kappa shape index (κ3) is 2.96. The molecule has 1 N–H and O–H groups in total. The lowest BCUT2D eigenvalue weighted by Gasteiger charge is -2.54. The summed E-state index contributed by atoms with van der Waals surface area (Å²) in [4.78, 5) is 27.5. The van der Waals surface area contributed by atoms with Gasteiger partial charge >= 0.3 is 0 Å². The molecule has 2 aliphatic heterocycles. The summed E-state index contributed by atoms with van der Waals surface area (Å²) in [5.41, 5.74) is -0.263. The van der Waals surface area contributed by atoms with Crippen molar-refractivity contribution in [1.29, 1.82) is 0 Å². The van der Waals surface area contributed by atoms with Gasteiger partial charge in [-0.3, -0.25) is 14.5 Å². The molecule has 114 valence electrons. The fraction of sp³-hybridized carbons (Fsp3) is 0.857. The van der Waals surface area contributed by atoms with Crippen LogP contribution in [-0.4, -0.2) is 73.6 Å². The summed E-state index contributed by atoms with van der Waals surface area (Å²) in [6, 6.07) is -0.226. The number of carbonyl (C=O) groups excluding carboxylic acids is 2. The maximum Gasteiger partial charge on any atom is 0.239 e. The van der Waals surface area contributed by atoms with Crippen molar-refractivity contribution in [3.8, 4) is 0 Å². The summed E-state index contributed by atoms with van der Waals surface area (Å²) in [5.74, 6) is 0.203. The number of likely N-dealkylation sites (N-methyl/N-ethyl adjacent to an activating group) is 2. The zero-order chi connectivity index (χ0) is 14.8. The first kappa shape index (κ1) is 15.3. The second kappa shape index (κ2) is 6.10. The predicted octanol–water partition coefficient (Wildman–Crippen LogP) is -0.166. The van der Waals surface area contributed by atoms with Crippen molar-refractivity contribution >= 4 is 11.8 Å². The lowest BCUT2D eigenvalue weighted by Crippen LogP contribution is -2.73. The van der Waals surface area contributed by atoms with Gasteiger partial charge in [0.2, 0.25) is 11.8 Å². The average molecular weight is 283 g/mol. The topological polar surface area (TPSA) is 61.9 Å². The van der Waals surface area contributed by atoms with E-state index in [1.807, 2.05) is 16.8 Å². The lowest BCUT2D eigenvalue weighted by molar-refractivity contribution is -0.201. The minimum Gasteiger partial charge on any atom is -0.368 e. The average Bonchev–Trinajstić information content (AvgIpc) is 2.41. The van der Waals surface area contributed by atoms with Gasteiger partial charge < -0.3 is 15.0 Å². The predicted molar refractivity (Wildman–Crippen MR) is 75.3 cm³/mol. The van der Waals surface area contributed by atoms with E-state index < -0.39 is 0 Å². The van der Waals surface area contributed by atoms with E-state index >= 15 is 0 Å². The molecule has 2 saturated heterocycles. The maximum atomic E-state index is 11.9. The molecule has 0 radical (unpaired) electrons. The molecule has 0 aliphatic carbocycles. The molecule has 2 aliphatic rings. The number of likely N-dealkylation sites (tertiary alicyclic amines) is 1. The number of hydrogen-bond acceptors (Lipinski definition) is 4. The standard InChI is InChI=1S/C14H25N3O3/c1-4-5-6-12(18)17-9-14(10-17)8-16(3)11(7-20-14)13(19)15-2/h11H,4-10H2,1-3H3,(H,15,19)/t11-/m1/s1. The zero-order valence-electron chi connectivity index (χ0n) is 12.6. The number of morpholine rings is 1. The van der Waals surface area contributed by atoms with Crippen LogP contribution in [-0.2, 0) is 14.3 Å². The van der Waals surface area contributed by atoms with Crippen molar-refractivity contribution in [2.24, 2.45) is 0 Å². The van der Waals surface area contributed by atoms with E-state index in [0.717, 1.165) is 12.8 Å². The Hall–Kier alpha value is -1.14. The van der Waals surface area contributed by atoms with Crippen molar-refractivity contribution in [3.05, 3.63) is 0 Å². The van der Waals surface area contributed by atoms with Gasteiger partial charge in [-0.05, 0) is 13.5 Å². The second-order valence-electron chi connectivity index (χ2n) is 5.89. The Balaban J connectivity index is 1.83. The first-order valence-corrected chi connectivity index (χ1v) is 7.35. The summed E-state index contributed by atoms with van der Waals surface area (Å²) in [6.07, 6.45) is 2.61. The monoisotopic (exact) mass is 283 g/mol. The molecule has 20 heavy (non-hydrogen) atoms. The molecule has 0 saturated carbocycles. The highest BCUT2D eigenvalue weighted by Crippen LogP contribution is 2.31. The molecule has 1 spiro atoms. The number of hydrogen-bond donors (Lipinski definition) is 1. The third-order valence-electron chi connectivity index (χ3n) is 4.22.